The van der Waals surface area contributed by atoms with Gasteiger partial charge in [0.25, 0.3) is 5.69 Å². The van der Waals surface area contributed by atoms with E-state index in [4.69, 9.17) is 4.74 Å². The predicted octanol–water partition coefficient (Wildman–Crippen LogP) is 3.49. The minimum atomic E-state index is -0.551. The molecule has 2 rings (SSSR count). The molecule has 0 radical (unpaired) electrons. The van der Waals surface area contributed by atoms with Crippen molar-refractivity contribution in [2.45, 2.75) is 46.1 Å². The fraction of sp³-hybridized carbons (Fsp3) is 0.556. The van der Waals surface area contributed by atoms with Gasteiger partial charge in [-0.25, -0.2) is 4.79 Å². The second-order valence-corrected chi connectivity index (χ2v) is 7.44. The van der Waals surface area contributed by atoms with Gasteiger partial charge in [0, 0.05) is 25.1 Å². The first kappa shape index (κ1) is 19.7. The summed E-state index contributed by atoms with van der Waals surface area (Å²) in [5.41, 5.74) is 0.295. The lowest BCUT2D eigenvalue weighted by Gasteiger charge is -2.33. The van der Waals surface area contributed by atoms with E-state index in [1.165, 1.54) is 6.07 Å². The lowest BCUT2D eigenvalue weighted by atomic mass is 9.96. The first-order chi connectivity index (χ1) is 12.1. The molecule has 0 spiro atoms. The largest absolute Gasteiger partial charge is 0.444 e. The minimum absolute atomic E-state index is 0.0254. The van der Waals surface area contributed by atoms with Crippen molar-refractivity contribution in [2.24, 2.45) is 5.92 Å². The lowest BCUT2D eigenvalue weighted by molar-refractivity contribution is -0.385. The van der Waals surface area contributed by atoms with Crippen molar-refractivity contribution in [3.63, 3.8) is 0 Å². The molecule has 142 valence electrons. The van der Waals surface area contributed by atoms with Gasteiger partial charge in [-0.2, -0.15) is 0 Å². The van der Waals surface area contributed by atoms with E-state index < -0.39 is 10.5 Å². The number of hydrogen-bond acceptors (Lipinski definition) is 5. The van der Waals surface area contributed by atoms with Crippen molar-refractivity contribution in [1.82, 2.24) is 4.90 Å². The van der Waals surface area contributed by atoms with Crippen LogP contribution < -0.4 is 5.32 Å². The second kappa shape index (κ2) is 7.72. The third kappa shape index (κ3) is 4.93. The Balaban J connectivity index is 1.94. The van der Waals surface area contributed by atoms with E-state index in [-0.39, 0.29) is 23.6 Å². The molecular formula is C18H25N3O5. The van der Waals surface area contributed by atoms with Crippen LogP contribution in [-0.2, 0) is 9.53 Å². The number of anilines is 1. The van der Waals surface area contributed by atoms with Crippen LogP contribution in [0.5, 0.6) is 0 Å². The third-order valence-electron chi connectivity index (χ3n) is 4.28. The molecule has 1 heterocycles. The van der Waals surface area contributed by atoms with Crippen LogP contribution in [-0.4, -0.2) is 40.5 Å². The van der Waals surface area contributed by atoms with Crippen molar-refractivity contribution in [3.8, 4) is 0 Å². The molecule has 0 atom stereocenters. The highest BCUT2D eigenvalue weighted by Gasteiger charge is 2.30. The van der Waals surface area contributed by atoms with Crippen LogP contribution in [0.2, 0.25) is 0 Å². The maximum Gasteiger partial charge on any atom is 0.410 e. The average molecular weight is 363 g/mol. The molecule has 2 amide bonds. The minimum Gasteiger partial charge on any atom is -0.444 e. The van der Waals surface area contributed by atoms with E-state index in [2.05, 4.69) is 5.32 Å². The molecule has 1 fully saturated rings. The van der Waals surface area contributed by atoms with Gasteiger partial charge in [0.2, 0.25) is 5.91 Å². The number of rotatable bonds is 3. The maximum atomic E-state index is 12.5. The summed E-state index contributed by atoms with van der Waals surface area (Å²) in [6, 6.07) is 4.60. The molecule has 1 aromatic carbocycles. The molecule has 1 N–H and O–H groups in total. The van der Waals surface area contributed by atoms with Gasteiger partial charge in [0.15, 0.2) is 0 Å². The third-order valence-corrected chi connectivity index (χ3v) is 4.28. The Bertz CT molecular complexity index is 703. The molecule has 0 unspecified atom stereocenters. The molecule has 26 heavy (non-hydrogen) atoms. The number of amides is 2. The predicted molar refractivity (Wildman–Crippen MR) is 97.0 cm³/mol. The van der Waals surface area contributed by atoms with Gasteiger partial charge in [-0.05, 0) is 46.6 Å². The summed E-state index contributed by atoms with van der Waals surface area (Å²) < 4.78 is 5.34. The number of nitrogens with one attached hydrogen (secondary N) is 1. The van der Waals surface area contributed by atoms with Gasteiger partial charge in [-0.15, -0.1) is 0 Å². The monoisotopic (exact) mass is 363 g/mol. The Hall–Kier alpha value is -2.64. The van der Waals surface area contributed by atoms with Crippen LogP contribution in [0.4, 0.5) is 16.2 Å². The molecule has 8 heteroatoms. The number of hydrogen-bond donors (Lipinski definition) is 1. The van der Waals surface area contributed by atoms with Crippen LogP contribution >= 0.6 is 0 Å². The van der Waals surface area contributed by atoms with Crippen molar-refractivity contribution in [1.29, 1.82) is 0 Å². The highest BCUT2D eigenvalue weighted by atomic mass is 16.6. The van der Waals surface area contributed by atoms with Crippen LogP contribution in [0.3, 0.4) is 0 Å². The number of ether oxygens (including phenoxy) is 1. The van der Waals surface area contributed by atoms with Crippen LogP contribution in [0.1, 0.15) is 39.2 Å². The lowest BCUT2D eigenvalue weighted by Crippen LogP contribution is -2.43. The molecule has 0 saturated carbocycles. The van der Waals surface area contributed by atoms with E-state index in [1.54, 1.807) is 24.0 Å². The van der Waals surface area contributed by atoms with Gasteiger partial charge < -0.3 is 15.0 Å². The fourth-order valence-corrected chi connectivity index (χ4v) is 2.84. The Morgan fingerprint density at radius 3 is 2.42 bits per heavy atom. The smallest absolute Gasteiger partial charge is 0.410 e. The van der Waals surface area contributed by atoms with Gasteiger partial charge in [0.1, 0.15) is 5.60 Å². The van der Waals surface area contributed by atoms with E-state index >= 15 is 0 Å². The molecule has 0 aromatic heterocycles. The van der Waals surface area contributed by atoms with Crippen molar-refractivity contribution in [3.05, 3.63) is 33.9 Å². The fourth-order valence-electron chi connectivity index (χ4n) is 2.84. The number of piperidine rings is 1. The molecule has 0 aliphatic carbocycles. The number of likely N-dealkylation sites (tertiary alicyclic amines) is 1. The molecule has 0 bridgehead atoms. The summed E-state index contributed by atoms with van der Waals surface area (Å²) in [6.07, 6.45) is 0.684. The Kier molecular flexibility index (Phi) is 5.84. The van der Waals surface area contributed by atoms with E-state index in [0.717, 1.165) is 0 Å². The normalized spacial score (nSPS) is 15.5. The number of carbonyl (C=O) groups is 2. The summed E-state index contributed by atoms with van der Waals surface area (Å²) in [6.45, 7) is 7.94. The number of nitro groups is 1. The number of nitro benzene ring substituents is 1. The van der Waals surface area contributed by atoms with Crippen molar-refractivity contribution < 1.29 is 19.2 Å². The number of benzene rings is 1. The van der Waals surface area contributed by atoms with Gasteiger partial charge in [-0.1, -0.05) is 6.07 Å². The van der Waals surface area contributed by atoms with Crippen molar-refractivity contribution in [2.75, 3.05) is 18.4 Å². The highest BCUT2D eigenvalue weighted by Crippen LogP contribution is 2.27. The highest BCUT2D eigenvalue weighted by molar-refractivity contribution is 5.94. The Morgan fingerprint density at radius 1 is 1.27 bits per heavy atom. The van der Waals surface area contributed by atoms with E-state index in [0.29, 0.717) is 37.2 Å². The average Bonchev–Trinajstić information content (AvgIpc) is 2.55. The SMILES string of the molecule is Cc1c(NC(=O)C2CCN(C(=O)OC(C)(C)C)CC2)cccc1[N+](=O)[O-]. The molecule has 1 aromatic rings. The standard InChI is InChI=1S/C18H25N3O5/c1-12-14(6-5-7-15(12)21(24)25)19-16(22)13-8-10-20(11-9-13)17(23)26-18(2,3)4/h5-7,13H,8-11H2,1-4H3,(H,19,22). The summed E-state index contributed by atoms with van der Waals surface area (Å²) in [7, 11) is 0. The number of carbonyl (C=O) groups excluding carboxylic acids is 2. The Morgan fingerprint density at radius 2 is 1.88 bits per heavy atom. The summed E-state index contributed by atoms with van der Waals surface area (Å²) >= 11 is 0. The van der Waals surface area contributed by atoms with Gasteiger partial charge >= 0.3 is 6.09 Å². The Labute approximate surface area is 152 Å². The molecular weight excluding hydrogens is 338 g/mol. The zero-order valence-electron chi connectivity index (χ0n) is 15.6. The van der Waals surface area contributed by atoms with Crippen molar-refractivity contribution >= 4 is 23.4 Å². The zero-order valence-corrected chi connectivity index (χ0v) is 15.6. The van der Waals surface area contributed by atoms with Gasteiger partial charge in [0.05, 0.1) is 16.2 Å². The summed E-state index contributed by atoms with van der Waals surface area (Å²) in [5.74, 6) is -0.426. The summed E-state index contributed by atoms with van der Waals surface area (Å²) in [5, 5.41) is 13.8. The van der Waals surface area contributed by atoms with E-state index in [1.807, 2.05) is 20.8 Å². The first-order valence-electron chi connectivity index (χ1n) is 8.61. The molecule has 1 aliphatic rings. The maximum absolute atomic E-state index is 12.5. The van der Waals surface area contributed by atoms with Crippen LogP contribution in [0.15, 0.2) is 18.2 Å². The second-order valence-electron chi connectivity index (χ2n) is 7.44. The zero-order chi connectivity index (χ0) is 19.5. The molecule has 1 aliphatic heterocycles. The van der Waals surface area contributed by atoms with E-state index in [9.17, 15) is 19.7 Å². The summed E-state index contributed by atoms with van der Waals surface area (Å²) in [4.78, 5) is 36.7. The topological polar surface area (TPSA) is 102 Å². The molecule has 1 saturated heterocycles. The van der Waals surface area contributed by atoms with Crippen LogP contribution in [0.25, 0.3) is 0 Å². The van der Waals surface area contributed by atoms with Gasteiger partial charge in [-0.3, -0.25) is 14.9 Å². The number of nitrogens with zero attached hydrogens (tertiary/aromatic N) is 2. The first-order valence-corrected chi connectivity index (χ1v) is 8.61. The van der Waals surface area contributed by atoms with Crippen LogP contribution in [0, 0.1) is 23.0 Å². The molecule has 8 nitrogen and oxygen atoms in total. The quantitative estimate of drug-likeness (QED) is 0.654.